The third-order valence-electron chi connectivity index (χ3n) is 3.23. The third kappa shape index (κ3) is 2.91. The van der Waals surface area contributed by atoms with Gasteiger partial charge in [0, 0.05) is 6.04 Å². The first-order valence-corrected chi connectivity index (χ1v) is 6.20. The number of aromatic carboxylic acids is 1. The average Bonchev–Trinajstić information content (AvgIpc) is 2.86. The molecular formula is C13H17NO4. The number of furan rings is 1. The summed E-state index contributed by atoms with van der Waals surface area (Å²) in [6.07, 6.45) is 4.57. The van der Waals surface area contributed by atoms with Crippen molar-refractivity contribution in [2.24, 2.45) is 5.92 Å². The molecule has 1 fully saturated rings. The zero-order chi connectivity index (χ0) is 13.1. The molecule has 1 aromatic rings. The fourth-order valence-corrected chi connectivity index (χ4v) is 2.19. The second-order valence-corrected chi connectivity index (χ2v) is 4.70. The van der Waals surface area contributed by atoms with Crippen molar-refractivity contribution in [2.45, 2.75) is 38.6 Å². The summed E-state index contributed by atoms with van der Waals surface area (Å²) in [6.45, 7) is 2.12. The van der Waals surface area contributed by atoms with Crippen molar-refractivity contribution in [1.29, 1.82) is 0 Å². The van der Waals surface area contributed by atoms with Gasteiger partial charge in [0.15, 0.2) is 0 Å². The van der Waals surface area contributed by atoms with E-state index in [0.29, 0.717) is 5.92 Å². The first kappa shape index (κ1) is 12.7. The monoisotopic (exact) mass is 251 g/mol. The largest absolute Gasteiger partial charge is 0.478 e. The van der Waals surface area contributed by atoms with Crippen molar-refractivity contribution >= 4 is 11.9 Å². The molecule has 1 heterocycles. The van der Waals surface area contributed by atoms with Crippen molar-refractivity contribution in [3.63, 3.8) is 0 Å². The number of carboxylic acid groups (broad SMARTS) is 1. The molecule has 1 amide bonds. The molecule has 0 saturated heterocycles. The molecule has 5 nitrogen and oxygen atoms in total. The number of carboxylic acids is 1. The summed E-state index contributed by atoms with van der Waals surface area (Å²) in [5.74, 6) is -0.430. The van der Waals surface area contributed by atoms with E-state index < -0.39 is 5.97 Å². The van der Waals surface area contributed by atoms with E-state index in [-0.39, 0.29) is 29.7 Å². The zero-order valence-corrected chi connectivity index (χ0v) is 10.3. The van der Waals surface area contributed by atoms with E-state index >= 15 is 0 Å². The first-order valence-electron chi connectivity index (χ1n) is 6.20. The number of nitrogens with one attached hydrogen (secondary N) is 1. The maximum atomic E-state index is 11.7. The molecule has 1 aliphatic carbocycles. The SMILES string of the molecule is CCCC1CC1NC(=O)Cc1occc1C(=O)O. The van der Waals surface area contributed by atoms with Crippen molar-refractivity contribution in [2.75, 3.05) is 0 Å². The maximum absolute atomic E-state index is 11.7. The number of amides is 1. The molecule has 0 radical (unpaired) electrons. The standard InChI is InChI=1S/C13H17NO4/c1-2-3-8-6-10(8)14-12(15)7-11-9(13(16)17)4-5-18-11/h4-5,8,10H,2-3,6-7H2,1H3,(H,14,15)(H,16,17). The van der Waals surface area contributed by atoms with Gasteiger partial charge in [-0.1, -0.05) is 13.3 Å². The van der Waals surface area contributed by atoms with E-state index in [9.17, 15) is 9.59 Å². The number of carbonyl (C=O) groups excluding carboxylic acids is 1. The van der Waals surface area contributed by atoms with E-state index in [2.05, 4.69) is 12.2 Å². The molecule has 1 aliphatic rings. The summed E-state index contributed by atoms with van der Waals surface area (Å²) in [5.41, 5.74) is 0.0612. The maximum Gasteiger partial charge on any atom is 0.339 e. The van der Waals surface area contributed by atoms with E-state index in [1.54, 1.807) is 0 Å². The minimum atomic E-state index is -1.07. The number of rotatable bonds is 6. The van der Waals surface area contributed by atoms with Gasteiger partial charge in [0.25, 0.3) is 0 Å². The van der Waals surface area contributed by atoms with Crippen LogP contribution in [0, 0.1) is 5.92 Å². The lowest BCUT2D eigenvalue weighted by Gasteiger charge is -2.03. The van der Waals surface area contributed by atoms with Gasteiger partial charge in [-0.2, -0.15) is 0 Å². The molecule has 2 atom stereocenters. The van der Waals surface area contributed by atoms with Gasteiger partial charge in [-0.3, -0.25) is 4.79 Å². The van der Waals surface area contributed by atoms with Crippen LogP contribution in [0.5, 0.6) is 0 Å². The summed E-state index contributed by atoms with van der Waals surface area (Å²) < 4.78 is 5.03. The van der Waals surface area contributed by atoms with Gasteiger partial charge in [0.05, 0.1) is 12.7 Å². The Bertz CT molecular complexity index is 452. The van der Waals surface area contributed by atoms with Gasteiger partial charge in [-0.15, -0.1) is 0 Å². The Balaban J connectivity index is 1.84. The van der Waals surface area contributed by atoms with E-state index in [1.165, 1.54) is 12.3 Å². The van der Waals surface area contributed by atoms with Crippen molar-refractivity contribution < 1.29 is 19.1 Å². The Kier molecular flexibility index (Phi) is 3.69. The van der Waals surface area contributed by atoms with Gasteiger partial charge >= 0.3 is 5.97 Å². The molecule has 0 aliphatic heterocycles. The molecule has 98 valence electrons. The van der Waals surface area contributed by atoms with Crippen molar-refractivity contribution in [3.8, 4) is 0 Å². The minimum absolute atomic E-state index is 0.00994. The van der Waals surface area contributed by atoms with Crippen LogP contribution >= 0.6 is 0 Å². The first-order chi connectivity index (χ1) is 8.61. The fourth-order valence-electron chi connectivity index (χ4n) is 2.19. The summed E-state index contributed by atoms with van der Waals surface area (Å²) in [5, 5.41) is 11.8. The Morgan fingerprint density at radius 2 is 2.33 bits per heavy atom. The number of hydrogen-bond donors (Lipinski definition) is 2. The van der Waals surface area contributed by atoms with Crippen molar-refractivity contribution in [1.82, 2.24) is 5.32 Å². The van der Waals surface area contributed by atoms with Gasteiger partial charge < -0.3 is 14.8 Å². The predicted octanol–water partition coefficient (Wildman–Crippen LogP) is 1.83. The lowest BCUT2D eigenvalue weighted by atomic mass is 10.2. The van der Waals surface area contributed by atoms with E-state index in [0.717, 1.165) is 19.3 Å². The Hall–Kier alpha value is -1.78. The van der Waals surface area contributed by atoms with Crippen LogP contribution in [-0.4, -0.2) is 23.0 Å². The van der Waals surface area contributed by atoms with Gasteiger partial charge in [0.1, 0.15) is 11.3 Å². The molecule has 18 heavy (non-hydrogen) atoms. The number of carbonyl (C=O) groups is 2. The molecule has 1 saturated carbocycles. The molecule has 0 aromatic carbocycles. The summed E-state index contributed by atoms with van der Waals surface area (Å²) in [4.78, 5) is 22.6. The van der Waals surface area contributed by atoms with Gasteiger partial charge in [0.2, 0.25) is 5.91 Å². The second kappa shape index (κ2) is 5.25. The number of hydrogen-bond acceptors (Lipinski definition) is 3. The van der Waals surface area contributed by atoms with Crippen LogP contribution < -0.4 is 5.32 Å². The lowest BCUT2D eigenvalue weighted by Crippen LogP contribution is -2.28. The molecule has 2 rings (SSSR count). The molecule has 0 bridgehead atoms. The average molecular weight is 251 g/mol. The highest BCUT2D eigenvalue weighted by Gasteiger charge is 2.37. The minimum Gasteiger partial charge on any atom is -0.478 e. The highest BCUT2D eigenvalue weighted by atomic mass is 16.4. The van der Waals surface area contributed by atoms with Crippen LogP contribution in [0.1, 0.15) is 42.3 Å². The third-order valence-corrected chi connectivity index (χ3v) is 3.23. The predicted molar refractivity (Wildman–Crippen MR) is 64.3 cm³/mol. The highest BCUT2D eigenvalue weighted by molar-refractivity contribution is 5.90. The quantitative estimate of drug-likeness (QED) is 0.808. The smallest absolute Gasteiger partial charge is 0.339 e. The van der Waals surface area contributed by atoms with Crippen molar-refractivity contribution in [3.05, 3.63) is 23.7 Å². The Morgan fingerprint density at radius 1 is 1.56 bits per heavy atom. The molecular weight excluding hydrogens is 234 g/mol. The Labute approximate surface area is 105 Å². The van der Waals surface area contributed by atoms with Crippen LogP contribution in [0.4, 0.5) is 0 Å². The normalized spacial score (nSPS) is 21.6. The summed E-state index contributed by atoms with van der Waals surface area (Å²) in [7, 11) is 0. The van der Waals surface area contributed by atoms with Crippen LogP contribution in [0.3, 0.4) is 0 Å². The fraction of sp³-hybridized carbons (Fsp3) is 0.538. The molecule has 5 heteroatoms. The van der Waals surface area contributed by atoms with Crippen LogP contribution in [0.2, 0.25) is 0 Å². The molecule has 0 spiro atoms. The molecule has 2 N–H and O–H groups in total. The summed E-state index contributed by atoms with van der Waals surface area (Å²) in [6, 6.07) is 1.63. The molecule has 1 aromatic heterocycles. The van der Waals surface area contributed by atoms with Gasteiger partial charge in [-0.25, -0.2) is 4.79 Å². The van der Waals surface area contributed by atoms with Crippen LogP contribution in [-0.2, 0) is 11.2 Å². The topological polar surface area (TPSA) is 79.5 Å². The summed E-state index contributed by atoms with van der Waals surface area (Å²) >= 11 is 0. The van der Waals surface area contributed by atoms with Crippen LogP contribution in [0.15, 0.2) is 16.7 Å². The van der Waals surface area contributed by atoms with Crippen LogP contribution in [0.25, 0.3) is 0 Å². The zero-order valence-electron chi connectivity index (χ0n) is 10.3. The highest BCUT2D eigenvalue weighted by Crippen LogP contribution is 2.34. The Morgan fingerprint density at radius 3 is 3.00 bits per heavy atom. The van der Waals surface area contributed by atoms with Gasteiger partial charge in [-0.05, 0) is 24.8 Å². The molecule has 2 unspecified atom stereocenters. The lowest BCUT2D eigenvalue weighted by molar-refractivity contribution is -0.120. The van der Waals surface area contributed by atoms with E-state index in [4.69, 9.17) is 9.52 Å². The van der Waals surface area contributed by atoms with E-state index in [1.807, 2.05) is 0 Å². The second-order valence-electron chi connectivity index (χ2n) is 4.70.